The van der Waals surface area contributed by atoms with Crippen LogP contribution in [-0.4, -0.2) is 6.04 Å². The molecular weight excluding hydrogens is 266 g/mol. The zero-order valence-corrected chi connectivity index (χ0v) is 12.9. The van der Waals surface area contributed by atoms with Crippen molar-refractivity contribution in [1.29, 1.82) is 0 Å². The Kier molecular flexibility index (Phi) is 4.08. The predicted octanol–water partition coefficient (Wildman–Crippen LogP) is 4.20. The lowest BCUT2D eigenvalue weighted by Crippen LogP contribution is -2.14. The monoisotopic (exact) mass is 287 g/mol. The Bertz CT molecular complexity index is 586. The first-order valence-electron chi connectivity index (χ1n) is 7.22. The van der Waals surface area contributed by atoms with Gasteiger partial charge in [-0.2, -0.15) is 0 Å². The third-order valence-corrected chi connectivity index (χ3v) is 4.78. The summed E-state index contributed by atoms with van der Waals surface area (Å²) in [5.41, 5.74) is 2.50. The van der Waals surface area contributed by atoms with E-state index in [-0.39, 0.29) is 0 Å². The smallest absolute Gasteiger partial charge is 0.122 e. The maximum Gasteiger partial charge on any atom is 0.122 e. The number of hydrogen-bond donors (Lipinski definition) is 1. The van der Waals surface area contributed by atoms with Gasteiger partial charge in [-0.3, -0.25) is 0 Å². The largest absolute Gasteiger partial charge is 0.489 e. The van der Waals surface area contributed by atoms with Gasteiger partial charge in [-0.25, -0.2) is 0 Å². The summed E-state index contributed by atoms with van der Waals surface area (Å²) in [7, 11) is 0. The van der Waals surface area contributed by atoms with Crippen molar-refractivity contribution in [3.05, 3.63) is 51.2 Å². The second-order valence-corrected chi connectivity index (χ2v) is 6.84. The lowest BCUT2D eigenvalue weighted by molar-refractivity contribution is 0.304. The van der Waals surface area contributed by atoms with Gasteiger partial charge in [-0.1, -0.05) is 18.2 Å². The second kappa shape index (κ2) is 5.98. The summed E-state index contributed by atoms with van der Waals surface area (Å²) >= 11 is 1.88. The molecule has 1 aliphatic rings. The van der Waals surface area contributed by atoms with E-state index in [0.29, 0.717) is 6.61 Å². The minimum atomic E-state index is 0.663. The molecule has 0 spiro atoms. The van der Waals surface area contributed by atoms with Gasteiger partial charge in [0.1, 0.15) is 12.4 Å². The van der Waals surface area contributed by atoms with E-state index in [2.05, 4.69) is 31.3 Å². The Labute approximate surface area is 124 Å². The molecular formula is C17H21NOS. The number of aryl methyl sites for hydroxylation is 2. The summed E-state index contributed by atoms with van der Waals surface area (Å²) in [4.78, 5) is 2.78. The molecule has 0 amide bonds. The Balaban J connectivity index is 1.60. The van der Waals surface area contributed by atoms with Gasteiger partial charge in [0.2, 0.25) is 0 Å². The van der Waals surface area contributed by atoms with Crippen LogP contribution in [0.1, 0.15) is 33.7 Å². The van der Waals surface area contributed by atoms with Gasteiger partial charge in [0, 0.05) is 27.9 Å². The average molecular weight is 287 g/mol. The Morgan fingerprint density at radius 2 is 2.05 bits per heavy atom. The highest BCUT2D eigenvalue weighted by Gasteiger charge is 2.20. The van der Waals surface area contributed by atoms with E-state index in [1.165, 1.54) is 33.7 Å². The SMILES string of the molecule is Cc1ccccc1OCc1cc(CNC2CC2)sc1C. The van der Waals surface area contributed by atoms with Crippen molar-refractivity contribution in [2.45, 2.75) is 45.9 Å². The van der Waals surface area contributed by atoms with Crippen LogP contribution in [0, 0.1) is 13.8 Å². The maximum absolute atomic E-state index is 5.94. The van der Waals surface area contributed by atoms with Crippen molar-refractivity contribution in [3.8, 4) is 5.75 Å². The minimum absolute atomic E-state index is 0.663. The van der Waals surface area contributed by atoms with Crippen molar-refractivity contribution in [3.63, 3.8) is 0 Å². The highest BCUT2D eigenvalue weighted by Crippen LogP contribution is 2.26. The number of para-hydroxylation sites is 1. The molecule has 3 rings (SSSR count). The molecule has 2 nitrogen and oxygen atoms in total. The normalized spacial score (nSPS) is 14.5. The van der Waals surface area contributed by atoms with Gasteiger partial charge in [0.05, 0.1) is 0 Å². The lowest BCUT2D eigenvalue weighted by atomic mass is 10.2. The highest BCUT2D eigenvalue weighted by atomic mass is 32.1. The minimum Gasteiger partial charge on any atom is -0.489 e. The molecule has 20 heavy (non-hydrogen) atoms. The number of nitrogens with one attached hydrogen (secondary N) is 1. The van der Waals surface area contributed by atoms with Gasteiger partial charge < -0.3 is 10.1 Å². The first kappa shape index (κ1) is 13.7. The highest BCUT2D eigenvalue weighted by molar-refractivity contribution is 7.12. The fourth-order valence-corrected chi connectivity index (χ4v) is 3.22. The van der Waals surface area contributed by atoms with E-state index in [0.717, 1.165) is 18.3 Å². The van der Waals surface area contributed by atoms with Crippen LogP contribution in [0.15, 0.2) is 30.3 Å². The first-order chi connectivity index (χ1) is 9.72. The molecule has 0 aliphatic heterocycles. The van der Waals surface area contributed by atoms with Gasteiger partial charge in [-0.15, -0.1) is 11.3 Å². The fraction of sp³-hybridized carbons (Fsp3) is 0.412. The van der Waals surface area contributed by atoms with Gasteiger partial charge in [0.15, 0.2) is 0 Å². The third-order valence-electron chi connectivity index (χ3n) is 3.69. The standard InChI is InChI=1S/C17H21NOS/c1-12-5-3-4-6-17(12)19-11-14-9-16(20-13(14)2)10-18-15-7-8-15/h3-6,9,15,18H,7-8,10-11H2,1-2H3. The number of benzene rings is 1. The quantitative estimate of drug-likeness (QED) is 0.860. The van der Waals surface area contributed by atoms with Crippen molar-refractivity contribution >= 4 is 11.3 Å². The molecule has 0 saturated heterocycles. The third kappa shape index (κ3) is 3.41. The van der Waals surface area contributed by atoms with E-state index in [9.17, 15) is 0 Å². The Morgan fingerprint density at radius 3 is 2.80 bits per heavy atom. The van der Waals surface area contributed by atoms with E-state index >= 15 is 0 Å². The summed E-state index contributed by atoms with van der Waals surface area (Å²) in [5.74, 6) is 0.982. The van der Waals surface area contributed by atoms with Crippen molar-refractivity contribution in [2.75, 3.05) is 0 Å². The van der Waals surface area contributed by atoms with Crippen LogP contribution in [0.5, 0.6) is 5.75 Å². The summed E-state index contributed by atoms with van der Waals surface area (Å²) in [6.45, 7) is 5.93. The van der Waals surface area contributed by atoms with Crippen LogP contribution in [0.2, 0.25) is 0 Å². The fourth-order valence-electron chi connectivity index (χ4n) is 2.22. The zero-order chi connectivity index (χ0) is 13.9. The lowest BCUT2D eigenvalue weighted by Gasteiger charge is -2.08. The number of rotatable bonds is 6. The first-order valence-corrected chi connectivity index (χ1v) is 8.04. The van der Waals surface area contributed by atoms with Crippen LogP contribution in [0.3, 0.4) is 0 Å². The summed E-state index contributed by atoms with van der Waals surface area (Å²) in [6.07, 6.45) is 2.68. The molecule has 3 heteroatoms. The van der Waals surface area contributed by atoms with Crippen molar-refractivity contribution in [1.82, 2.24) is 5.32 Å². The molecule has 1 aromatic heterocycles. The molecule has 1 aliphatic carbocycles. The molecule has 106 valence electrons. The Hall–Kier alpha value is -1.32. The number of ether oxygens (including phenoxy) is 1. The summed E-state index contributed by atoms with van der Waals surface area (Å²) in [5, 5.41) is 3.57. The van der Waals surface area contributed by atoms with Crippen LogP contribution < -0.4 is 10.1 Å². The average Bonchev–Trinajstić information content (AvgIpc) is 3.20. The molecule has 1 saturated carbocycles. The molecule has 1 heterocycles. The molecule has 0 radical (unpaired) electrons. The summed E-state index contributed by atoms with van der Waals surface area (Å²) in [6, 6.07) is 11.2. The molecule has 1 aromatic carbocycles. The number of hydrogen-bond acceptors (Lipinski definition) is 3. The van der Waals surface area contributed by atoms with Crippen LogP contribution in [0.25, 0.3) is 0 Å². The number of thiophene rings is 1. The predicted molar refractivity (Wildman–Crippen MR) is 84.4 cm³/mol. The molecule has 1 N–H and O–H groups in total. The van der Waals surface area contributed by atoms with E-state index in [1.807, 2.05) is 29.5 Å². The maximum atomic E-state index is 5.94. The van der Waals surface area contributed by atoms with Crippen molar-refractivity contribution < 1.29 is 4.74 Å². The zero-order valence-electron chi connectivity index (χ0n) is 12.1. The molecule has 0 bridgehead atoms. The van der Waals surface area contributed by atoms with Crippen LogP contribution in [-0.2, 0) is 13.2 Å². The summed E-state index contributed by atoms with van der Waals surface area (Å²) < 4.78 is 5.94. The van der Waals surface area contributed by atoms with Gasteiger partial charge >= 0.3 is 0 Å². The second-order valence-electron chi connectivity index (χ2n) is 5.50. The Morgan fingerprint density at radius 1 is 1.25 bits per heavy atom. The topological polar surface area (TPSA) is 21.3 Å². The molecule has 1 fully saturated rings. The molecule has 0 unspecified atom stereocenters. The molecule has 0 atom stereocenters. The van der Waals surface area contributed by atoms with Gasteiger partial charge in [-0.05, 0) is 44.4 Å². The van der Waals surface area contributed by atoms with Crippen LogP contribution >= 0.6 is 11.3 Å². The van der Waals surface area contributed by atoms with E-state index < -0.39 is 0 Å². The molecule has 2 aromatic rings. The van der Waals surface area contributed by atoms with Crippen molar-refractivity contribution in [2.24, 2.45) is 0 Å². The van der Waals surface area contributed by atoms with Gasteiger partial charge in [0.25, 0.3) is 0 Å². The van der Waals surface area contributed by atoms with E-state index in [4.69, 9.17) is 4.74 Å². The van der Waals surface area contributed by atoms with Crippen LogP contribution in [0.4, 0.5) is 0 Å². The van der Waals surface area contributed by atoms with E-state index in [1.54, 1.807) is 0 Å².